The van der Waals surface area contributed by atoms with Gasteiger partial charge in [0.15, 0.2) is 0 Å². The SMILES string of the molecule is Cc1ccc(C2(C(=O)O)CC3CCC(C2)N3C)cc1. The van der Waals surface area contributed by atoms with Crippen LogP contribution in [0, 0.1) is 6.92 Å². The van der Waals surface area contributed by atoms with Crippen molar-refractivity contribution in [3.05, 3.63) is 35.4 Å². The zero-order valence-corrected chi connectivity index (χ0v) is 11.6. The van der Waals surface area contributed by atoms with Crippen molar-refractivity contribution in [1.29, 1.82) is 0 Å². The summed E-state index contributed by atoms with van der Waals surface area (Å²) >= 11 is 0. The highest BCUT2D eigenvalue weighted by molar-refractivity contribution is 5.82. The first-order chi connectivity index (χ1) is 9.03. The Labute approximate surface area is 114 Å². The molecule has 2 atom stereocenters. The molecule has 2 fully saturated rings. The lowest BCUT2D eigenvalue weighted by Gasteiger charge is -2.43. The molecule has 3 rings (SSSR count). The Morgan fingerprint density at radius 1 is 1.21 bits per heavy atom. The number of benzene rings is 1. The summed E-state index contributed by atoms with van der Waals surface area (Å²) < 4.78 is 0. The highest BCUT2D eigenvalue weighted by atomic mass is 16.4. The van der Waals surface area contributed by atoms with Crippen LogP contribution >= 0.6 is 0 Å². The van der Waals surface area contributed by atoms with Crippen LogP contribution in [0.5, 0.6) is 0 Å². The first-order valence-corrected chi connectivity index (χ1v) is 7.05. The number of hydrogen-bond acceptors (Lipinski definition) is 2. The van der Waals surface area contributed by atoms with Crippen LogP contribution in [-0.4, -0.2) is 35.1 Å². The number of piperidine rings is 1. The maximum atomic E-state index is 12.0. The van der Waals surface area contributed by atoms with Crippen molar-refractivity contribution in [2.24, 2.45) is 0 Å². The van der Waals surface area contributed by atoms with Gasteiger partial charge in [0, 0.05) is 12.1 Å². The molecule has 0 saturated carbocycles. The number of carbonyl (C=O) groups is 1. The molecule has 2 heterocycles. The molecule has 3 nitrogen and oxygen atoms in total. The number of carboxylic acid groups (broad SMARTS) is 1. The molecule has 0 aliphatic carbocycles. The molecule has 0 aromatic heterocycles. The third-order valence-corrected chi connectivity index (χ3v) is 5.17. The third-order valence-electron chi connectivity index (χ3n) is 5.17. The molecule has 1 aromatic rings. The number of rotatable bonds is 2. The monoisotopic (exact) mass is 259 g/mol. The number of hydrogen-bond donors (Lipinski definition) is 1. The average molecular weight is 259 g/mol. The summed E-state index contributed by atoms with van der Waals surface area (Å²) in [4.78, 5) is 14.4. The van der Waals surface area contributed by atoms with Gasteiger partial charge >= 0.3 is 5.97 Å². The summed E-state index contributed by atoms with van der Waals surface area (Å²) in [6, 6.07) is 8.93. The van der Waals surface area contributed by atoms with Crippen LogP contribution in [-0.2, 0) is 10.2 Å². The van der Waals surface area contributed by atoms with Crippen molar-refractivity contribution in [2.45, 2.75) is 50.1 Å². The second-order valence-electron chi connectivity index (χ2n) is 6.21. The lowest BCUT2D eigenvalue weighted by molar-refractivity contribution is -0.147. The van der Waals surface area contributed by atoms with Crippen LogP contribution in [0.4, 0.5) is 0 Å². The Morgan fingerprint density at radius 2 is 1.74 bits per heavy atom. The molecule has 1 aromatic carbocycles. The average Bonchev–Trinajstić information content (AvgIpc) is 2.63. The molecule has 2 aliphatic heterocycles. The van der Waals surface area contributed by atoms with Crippen LogP contribution in [0.2, 0.25) is 0 Å². The van der Waals surface area contributed by atoms with Crippen LogP contribution < -0.4 is 0 Å². The number of aliphatic carboxylic acids is 1. The summed E-state index contributed by atoms with van der Waals surface area (Å²) in [5, 5.41) is 9.84. The van der Waals surface area contributed by atoms with Gasteiger partial charge in [0.25, 0.3) is 0 Å². The Morgan fingerprint density at radius 3 is 2.21 bits per heavy atom. The number of carboxylic acids is 1. The Bertz CT molecular complexity index is 480. The number of fused-ring (bicyclic) bond motifs is 2. The van der Waals surface area contributed by atoms with E-state index in [1.807, 2.05) is 31.2 Å². The summed E-state index contributed by atoms with van der Waals surface area (Å²) in [6.45, 7) is 2.04. The molecular formula is C16H21NO2. The Hall–Kier alpha value is -1.35. The summed E-state index contributed by atoms with van der Waals surface area (Å²) in [5.41, 5.74) is 1.49. The minimum Gasteiger partial charge on any atom is -0.481 e. The smallest absolute Gasteiger partial charge is 0.314 e. The van der Waals surface area contributed by atoms with Gasteiger partial charge in [0.2, 0.25) is 0 Å². The van der Waals surface area contributed by atoms with E-state index in [4.69, 9.17) is 0 Å². The first-order valence-electron chi connectivity index (χ1n) is 7.05. The van der Waals surface area contributed by atoms with Gasteiger partial charge in [-0.3, -0.25) is 4.79 Å². The van der Waals surface area contributed by atoms with Gasteiger partial charge < -0.3 is 10.0 Å². The van der Waals surface area contributed by atoms with E-state index in [1.165, 1.54) is 5.56 Å². The molecule has 1 N–H and O–H groups in total. The molecule has 3 heteroatoms. The highest BCUT2D eigenvalue weighted by Crippen LogP contribution is 2.46. The van der Waals surface area contributed by atoms with Crippen molar-refractivity contribution < 1.29 is 9.90 Å². The lowest BCUT2D eigenvalue weighted by atomic mass is 9.70. The Kier molecular flexibility index (Phi) is 2.90. The quantitative estimate of drug-likeness (QED) is 0.887. The van der Waals surface area contributed by atoms with Gasteiger partial charge in [-0.15, -0.1) is 0 Å². The third kappa shape index (κ3) is 1.88. The zero-order chi connectivity index (χ0) is 13.6. The highest BCUT2D eigenvalue weighted by Gasteiger charge is 2.52. The maximum Gasteiger partial charge on any atom is 0.314 e. The minimum absolute atomic E-state index is 0.427. The molecule has 0 amide bonds. The zero-order valence-electron chi connectivity index (χ0n) is 11.6. The molecule has 0 spiro atoms. The fraction of sp³-hybridized carbons (Fsp3) is 0.562. The van der Waals surface area contributed by atoms with Gasteiger partial charge in [-0.1, -0.05) is 29.8 Å². The van der Waals surface area contributed by atoms with Crippen LogP contribution in [0.15, 0.2) is 24.3 Å². The predicted octanol–water partition coefficient (Wildman–Crippen LogP) is 2.57. The fourth-order valence-corrected chi connectivity index (χ4v) is 3.88. The van der Waals surface area contributed by atoms with E-state index in [0.29, 0.717) is 12.1 Å². The fourth-order valence-electron chi connectivity index (χ4n) is 3.88. The summed E-state index contributed by atoms with van der Waals surface area (Å²) in [7, 11) is 2.14. The normalized spacial score (nSPS) is 34.4. The van der Waals surface area contributed by atoms with Crippen molar-refractivity contribution in [1.82, 2.24) is 4.90 Å². The van der Waals surface area contributed by atoms with E-state index in [9.17, 15) is 9.90 Å². The van der Waals surface area contributed by atoms with Gasteiger partial charge in [-0.05, 0) is 45.2 Å². The second kappa shape index (κ2) is 4.34. The summed E-state index contributed by atoms with van der Waals surface area (Å²) in [6.07, 6.45) is 3.78. The number of aryl methyl sites for hydroxylation is 1. The molecule has 2 bridgehead atoms. The molecule has 2 unspecified atom stereocenters. The lowest BCUT2D eigenvalue weighted by Crippen LogP contribution is -2.51. The van der Waals surface area contributed by atoms with E-state index >= 15 is 0 Å². The molecule has 102 valence electrons. The van der Waals surface area contributed by atoms with Crippen LogP contribution in [0.3, 0.4) is 0 Å². The maximum absolute atomic E-state index is 12.0. The first kappa shape index (κ1) is 12.7. The molecule has 2 aliphatic rings. The van der Waals surface area contributed by atoms with Gasteiger partial charge in [-0.25, -0.2) is 0 Å². The van der Waals surface area contributed by atoms with Gasteiger partial charge in [-0.2, -0.15) is 0 Å². The molecular weight excluding hydrogens is 238 g/mol. The van der Waals surface area contributed by atoms with Crippen LogP contribution in [0.1, 0.15) is 36.8 Å². The second-order valence-corrected chi connectivity index (χ2v) is 6.21. The van der Waals surface area contributed by atoms with E-state index in [-0.39, 0.29) is 0 Å². The van der Waals surface area contributed by atoms with Gasteiger partial charge in [0.1, 0.15) is 0 Å². The van der Waals surface area contributed by atoms with Crippen molar-refractivity contribution >= 4 is 5.97 Å². The topological polar surface area (TPSA) is 40.5 Å². The predicted molar refractivity (Wildman–Crippen MR) is 74.3 cm³/mol. The van der Waals surface area contributed by atoms with E-state index in [2.05, 4.69) is 11.9 Å². The van der Waals surface area contributed by atoms with E-state index in [0.717, 1.165) is 31.2 Å². The largest absolute Gasteiger partial charge is 0.481 e. The molecule has 2 saturated heterocycles. The number of nitrogens with zero attached hydrogens (tertiary/aromatic N) is 1. The van der Waals surface area contributed by atoms with Crippen LogP contribution in [0.25, 0.3) is 0 Å². The van der Waals surface area contributed by atoms with Crippen molar-refractivity contribution in [3.8, 4) is 0 Å². The van der Waals surface area contributed by atoms with Crippen molar-refractivity contribution in [3.63, 3.8) is 0 Å². The van der Waals surface area contributed by atoms with Crippen molar-refractivity contribution in [2.75, 3.05) is 7.05 Å². The molecule has 0 radical (unpaired) electrons. The van der Waals surface area contributed by atoms with Gasteiger partial charge in [0.05, 0.1) is 5.41 Å². The van der Waals surface area contributed by atoms with E-state index in [1.54, 1.807) is 0 Å². The van der Waals surface area contributed by atoms with E-state index < -0.39 is 11.4 Å². The summed E-state index contributed by atoms with van der Waals surface area (Å²) in [5.74, 6) is -0.652. The minimum atomic E-state index is -0.675. The standard InChI is InChI=1S/C16H21NO2/c1-11-3-5-12(6-4-11)16(15(18)19)9-13-7-8-14(10-16)17(13)2/h3-6,13-14H,7-10H2,1-2H3,(H,18,19). The molecule has 19 heavy (non-hydrogen) atoms. The Balaban J connectivity index is 2.02.